The zero-order valence-corrected chi connectivity index (χ0v) is 11.5. The molecule has 0 fully saturated rings. The van der Waals surface area contributed by atoms with Gasteiger partial charge in [-0.15, -0.1) is 12.4 Å². The van der Waals surface area contributed by atoms with Crippen molar-refractivity contribution in [2.75, 3.05) is 13.6 Å². The van der Waals surface area contributed by atoms with Crippen molar-refractivity contribution >= 4 is 34.2 Å². The number of rotatable bonds is 5. The highest BCUT2D eigenvalue weighted by Crippen LogP contribution is 2.10. The molecule has 0 radical (unpaired) electrons. The lowest BCUT2D eigenvalue weighted by atomic mass is 10.2. The third-order valence-electron chi connectivity index (χ3n) is 2.01. The van der Waals surface area contributed by atoms with Gasteiger partial charge in [-0.1, -0.05) is 28.1 Å². The summed E-state index contributed by atoms with van der Waals surface area (Å²) in [6, 6.07) is 7.91. The van der Waals surface area contributed by atoms with E-state index in [0.29, 0.717) is 19.5 Å². The molecule has 1 aromatic carbocycles. The van der Waals surface area contributed by atoms with Crippen molar-refractivity contribution in [3.05, 3.63) is 34.3 Å². The maximum atomic E-state index is 11.3. The van der Waals surface area contributed by atoms with Gasteiger partial charge in [-0.25, -0.2) is 0 Å². The van der Waals surface area contributed by atoms with Crippen molar-refractivity contribution in [2.24, 2.45) is 0 Å². The predicted molar refractivity (Wildman–Crippen MR) is 71.8 cm³/mol. The summed E-state index contributed by atoms with van der Waals surface area (Å²) < 4.78 is 1.05. The molecule has 0 unspecified atom stereocenters. The Kier molecular flexibility index (Phi) is 8.25. The van der Waals surface area contributed by atoms with Gasteiger partial charge in [-0.3, -0.25) is 4.79 Å². The van der Waals surface area contributed by atoms with Crippen LogP contribution in [0.15, 0.2) is 28.7 Å². The van der Waals surface area contributed by atoms with Crippen LogP contribution in [0.5, 0.6) is 0 Å². The molecule has 3 nitrogen and oxygen atoms in total. The quantitative estimate of drug-likeness (QED) is 0.874. The zero-order valence-electron chi connectivity index (χ0n) is 9.13. The minimum atomic E-state index is 0. The van der Waals surface area contributed by atoms with E-state index in [1.165, 1.54) is 0 Å². The topological polar surface area (TPSA) is 41.1 Å². The zero-order chi connectivity index (χ0) is 11.1. The molecule has 1 aromatic rings. The summed E-state index contributed by atoms with van der Waals surface area (Å²) in [5.74, 6) is 0.0762. The van der Waals surface area contributed by atoms with Crippen LogP contribution in [-0.4, -0.2) is 19.5 Å². The van der Waals surface area contributed by atoms with Crippen LogP contribution in [0.4, 0.5) is 0 Å². The molecule has 0 aromatic heterocycles. The normalized spacial score (nSPS) is 9.38. The predicted octanol–water partition coefficient (Wildman–Crippen LogP) is 2.10. The smallest absolute Gasteiger partial charge is 0.221 e. The van der Waals surface area contributed by atoms with E-state index in [0.717, 1.165) is 10.0 Å². The second kappa shape index (κ2) is 8.56. The van der Waals surface area contributed by atoms with Crippen molar-refractivity contribution in [3.63, 3.8) is 0 Å². The summed E-state index contributed by atoms with van der Waals surface area (Å²) in [4.78, 5) is 11.3. The number of hydrogen-bond acceptors (Lipinski definition) is 2. The maximum Gasteiger partial charge on any atom is 0.221 e. The fraction of sp³-hybridized carbons (Fsp3) is 0.364. The van der Waals surface area contributed by atoms with E-state index in [4.69, 9.17) is 0 Å². The monoisotopic (exact) mass is 306 g/mol. The highest BCUT2D eigenvalue weighted by molar-refractivity contribution is 9.10. The summed E-state index contributed by atoms with van der Waals surface area (Å²) in [5, 5.41) is 5.80. The lowest BCUT2D eigenvalue weighted by molar-refractivity contribution is -0.121. The van der Waals surface area contributed by atoms with Crippen LogP contribution in [0.1, 0.15) is 12.0 Å². The second-order valence-electron chi connectivity index (χ2n) is 3.26. The molecular weight excluding hydrogens is 291 g/mol. The fourth-order valence-corrected chi connectivity index (χ4v) is 1.39. The van der Waals surface area contributed by atoms with E-state index in [1.807, 2.05) is 31.3 Å². The van der Waals surface area contributed by atoms with Gasteiger partial charge >= 0.3 is 0 Å². The van der Waals surface area contributed by atoms with E-state index in [-0.39, 0.29) is 18.3 Å². The number of carbonyl (C=O) groups is 1. The van der Waals surface area contributed by atoms with Crippen LogP contribution in [0, 0.1) is 0 Å². The van der Waals surface area contributed by atoms with Gasteiger partial charge in [0.05, 0.1) is 0 Å². The Labute approximate surface area is 111 Å². The molecule has 16 heavy (non-hydrogen) atoms. The minimum Gasteiger partial charge on any atom is -0.352 e. The van der Waals surface area contributed by atoms with E-state index < -0.39 is 0 Å². The van der Waals surface area contributed by atoms with Crippen LogP contribution >= 0.6 is 28.3 Å². The lowest BCUT2D eigenvalue weighted by Crippen LogP contribution is -2.25. The summed E-state index contributed by atoms with van der Waals surface area (Å²) in [7, 11) is 1.84. The summed E-state index contributed by atoms with van der Waals surface area (Å²) in [5.41, 5.74) is 1.11. The Morgan fingerprint density at radius 3 is 2.50 bits per heavy atom. The van der Waals surface area contributed by atoms with Gasteiger partial charge in [0, 0.05) is 24.0 Å². The van der Waals surface area contributed by atoms with Gasteiger partial charge in [0.2, 0.25) is 5.91 Å². The van der Waals surface area contributed by atoms with Crippen molar-refractivity contribution in [1.29, 1.82) is 0 Å². The molecule has 1 rings (SSSR count). The van der Waals surface area contributed by atoms with E-state index >= 15 is 0 Å². The first kappa shape index (κ1) is 15.4. The van der Waals surface area contributed by atoms with Crippen molar-refractivity contribution < 1.29 is 4.79 Å². The van der Waals surface area contributed by atoms with Gasteiger partial charge in [0.15, 0.2) is 0 Å². The first-order valence-electron chi connectivity index (χ1n) is 4.88. The van der Waals surface area contributed by atoms with E-state index in [2.05, 4.69) is 26.6 Å². The SMILES string of the molecule is CNCCC(=O)NCc1ccc(Br)cc1.Cl. The molecule has 0 bridgehead atoms. The number of halogens is 2. The molecule has 0 aliphatic carbocycles. The van der Waals surface area contributed by atoms with Gasteiger partial charge in [0.25, 0.3) is 0 Å². The van der Waals surface area contributed by atoms with Crippen molar-refractivity contribution in [1.82, 2.24) is 10.6 Å². The highest BCUT2D eigenvalue weighted by Gasteiger charge is 1.99. The Morgan fingerprint density at radius 2 is 1.94 bits per heavy atom. The molecule has 5 heteroatoms. The Balaban J connectivity index is 0.00000225. The molecule has 1 amide bonds. The van der Waals surface area contributed by atoms with Crippen LogP contribution in [-0.2, 0) is 11.3 Å². The fourth-order valence-electron chi connectivity index (χ4n) is 1.13. The van der Waals surface area contributed by atoms with Crippen LogP contribution in [0.3, 0.4) is 0 Å². The van der Waals surface area contributed by atoms with Crippen molar-refractivity contribution in [3.8, 4) is 0 Å². The summed E-state index contributed by atoms with van der Waals surface area (Å²) in [6.45, 7) is 1.31. The van der Waals surface area contributed by atoms with Gasteiger partial charge in [-0.2, -0.15) is 0 Å². The summed E-state index contributed by atoms with van der Waals surface area (Å²) in [6.07, 6.45) is 0.521. The van der Waals surface area contributed by atoms with Gasteiger partial charge < -0.3 is 10.6 Å². The molecule has 0 aliphatic rings. The number of carbonyl (C=O) groups excluding carboxylic acids is 1. The molecule has 90 valence electrons. The van der Waals surface area contributed by atoms with Gasteiger partial charge in [0.1, 0.15) is 0 Å². The number of hydrogen-bond donors (Lipinski definition) is 2. The first-order valence-corrected chi connectivity index (χ1v) is 5.67. The molecule has 0 saturated heterocycles. The Bertz CT molecular complexity index is 316. The second-order valence-corrected chi connectivity index (χ2v) is 4.17. The molecule has 0 aliphatic heterocycles. The molecule has 0 spiro atoms. The van der Waals surface area contributed by atoms with E-state index in [1.54, 1.807) is 0 Å². The van der Waals surface area contributed by atoms with E-state index in [9.17, 15) is 4.79 Å². The molecule has 0 saturated carbocycles. The van der Waals surface area contributed by atoms with Crippen LogP contribution < -0.4 is 10.6 Å². The first-order chi connectivity index (χ1) is 7.22. The molecule has 0 heterocycles. The minimum absolute atomic E-state index is 0. The number of nitrogens with one attached hydrogen (secondary N) is 2. The Morgan fingerprint density at radius 1 is 1.31 bits per heavy atom. The third-order valence-corrected chi connectivity index (χ3v) is 2.53. The lowest BCUT2D eigenvalue weighted by Gasteiger charge is -2.05. The van der Waals surface area contributed by atoms with Crippen LogP contribution in [0.25, 0.3) is 0 Å². The third kappa shape index (κ3) is 6.10. The van der Waals surface area contributed by atoms with Crippen LogP contribution in [0.2, 0.25) is 0 Å². The molecular formula is C11H16BrClN2O. The highest BCUT2D eigenvalue weighted by atomic mass is 79.9. The van der Waals surface area contributed by atoms with Gasteiger partial charge in [-0.05, 0) is 24.7 Å². The maximum absolute atomic E-state index is 11.3. The Hall–Kier alpha value is -0.580. The largest absolute Gasteiger partial charge is 0.352 e. The van der Waals surface area contributed by atoms with Crippen molar-refractivity contribution in [2.45, 2.75) is 13.0 Å². The standard InChI is InChI=1S/C11H15BrN2O.ClH/c1-13-7-6-11(15)14-8-9-2-4-10(12)5-3-9;/h2-5,13H,6-8H2,1H3,(H,14,15);1H. The number of benzene rings is 1. The number of amides is 1. The average molecular weight is 308 g/mol. The summed E-state index contributed by atoms with van der Waals surface area (Å²) >= 11 is 3.36. The molecule has 2 N–H and O–H groups in total. The average Bonchev–Trinajstić information content (AvgIpc) is 2.25. The molecule has 0 atom stereocenters.